The molecule has 3 nitrogen and oxygen atoms in total. The second-order valence-corrected chi connectivity index (χ2v) is 4.71. The van der Waals surface area contributed by atoms with E-state index in [1.54, 1.807) is 17.1 Å². The van der Waals surface area contributed by atoms with E-state index in [2.05, 4.69) is 38.5 Å². The van der Waals surface area contributed by atoms with Crippen LogP contribution in [0.25, 0.3) is 5.69 Å². The molecule has 5 heteroatoms. The molecule has 1 aromatic carbocycles. The molecule has 16 heavy (non-hydrogen) atoms. The van der Waals surface area contributed by atoms with E-state index in [1.807, 2.05) is 13.1 Å². The van der Waals surface area contributed by atoms with E-state index in [-0.39, 0.29) is 0 Å². The number of benzene rings is 1. The van der Waals surface area contributed by atoms with E-state index in [4.69, 9.17) is 11.6 Å². The fourth-order valence-corrected chi connectivity index (χ4v) is 2.23. The Labute approximate surface area is 108 Å². The highest BCUT2D eigenvalue weighted by molar-refractivity contribution is 9.10. The van der Waals surface area contributed by atoms with Crippen molar-refractivity contribution in [1.82, 2.24) is 15.1 Å². The number of aromatic nitrogens is 2. The first-order chi connectivity index (χ1) is 7.70. The van der Waals surface area contributed by atoms with E-state index in [0.29, 0.717) is 5.02 Å². The summed E-state index contributed by atoms with van der Waals surface area (Å²) < 4.78 is 2.75. The maximum Gasteiger partial charge on any atom is 0.0790 e. The van der Waals surface area contributed by atoms with Gasteiger partial charge in [-0.1, -0.05) is 17.7 Å². The lowest BCUT2D eigenvalue weighted by Gasteiger charge is -2.07. The Morgan fingerprint density at radius 1 is 1.50 bits per heavy atom. The van der Waals surface area contributed by atoms with Crippen LogP contribution >= 0.6 is 27.5 Å². The minimum Gasteiger partial charge on any atom is -0.316 e. The first kappa shape index (κ1) is 11.6. The first-order valence-electron chi connectivity index (χ1n) is 4.84. The lowest BCUT2D eigenvalue weighted by atomic mass is 10.2. The van der Waals surface area contributed by atoms with Gasteiger partial charge in [0.15, 0.2) is 0 Å². The summed E-state index contributed by atoms with van der Waals surface area (Å²) in [5.74, 6) is 0. The molecule has 0 bridgehead atoms. The van der Waals surface area contributed by atoms with Gasteiger partial charge in [0, 0.05) is 17.2 Å². The van der Waals surface area contributed by atoms with Gasteiger partial charge < -0.3 is 5.32 Å². The molecule has 0 atom stereocenters. The van der Waals surface area contributed by atoms with Crippen molar-refractivity contribution < 1.29 is 0 Å². The fraction of sp³-hybridized carbons (Fsp3) is 0.182. The summed E-state index contributed by atoms with van der Waals surface area (Å²) in [4.78, 5) is 0. The van der Waals surface area contributed by atoms with Crippen LogP contribution in [0.4, 0.5) is 0 Å². The van der Waals surface area contributed by atoms with Gasteiger partial charge in [-0.2, -0.15) is 5.10 Å². The summed E-state index contributed by atoms with van der Waals surface area (Å²) in [6.07, 6.45) is 3.40. The van der Waals surface area contributed by atoms with Crippen LogP contribution in [0.2, 0.25) is 5.02 Å². The normalized spacial score (nSPS) is 10.7. The minimum atomic E-state index is 0.631. The second-order valence-electron chi connectivity index (χ2n) is 3.42. The Kier molecular flexibility index (Phi) is 3.63. The topological polar surface area (TPSA) is 29.9 Å². The van der Waals surface area contributed by atoms with E-state index in [9.17, 15) is 0 Å². The van der Waals surface area contributed by atoms with Gasteiger partial charge in [0.05, 0.1) is 16.9 Å². The lowest BCUT2D eigenvalue weighted by molar-refractivity contribution is 0.814. The van der Waals surface area contributed by atoms with Gasteiger partial charge in [-0.25, -0.2) is 4.68 Å². The van der Waals surface area contributed by atoms with Gasteiger partial charge in [-0.05, 0) is 40.7 Å². The number of hydrogen-bond donors (Lipinski definition) is 1. The van der Waals surface area contributed by atoms with Crippen LogP contribution in [-0.2, 0) is 6.54 Å². The molecule has 2 rings (SSSR count). The van der Waals surface area contributed by atoms with Gasteiger partial charge in [0.2, 0.25) is 0 Å². The molecule has 1 aromatic heterocycles. The summed E-state index contributed by atoms with van der Waals surface area (Å²) in [5.41, 5.74) is 2.20. The SMILES string of the molecule is CNCc1ccc(-n2cc(Cl)cn2)c(Br)c1. The van der Waals surface area contributed by atoms with Gasteiger partial charge >= 0.3 is 0 Å². The van der Waals surface area contributed by atoms with Crippen molar-refractivity contribution in [3.8, 4) is 5.69 Å². The summed E-state index contributed by atoms with van der Waals surface area (Å²) >= 11 is 9.37. The molecular weight excluding hydrogens is 289 g/mol. The van der Waals surface area contributed by atoms with Crippen LogP contribution in [0.3, 0.4) is 0 Å². The summed E-state index contributed by atoms with van der Waals surface area (Å²) in [6, 6.07) is 6.15. The number of rotatable bonds is 3. The first-order valence-corrected chi connectivity index (χ1v) is 6.01. The smallest absolute Gasteiger partial charge is 0.0790 e. The number of halogens is 2. The van der Waals surface area contributed by atoms with Crippen LogP contribution in [0.5, 0.6) is 0 Å². The average Bonchev–Trinajstić information content (AvgIpc) is 2.65. The molecule has 0 aliphatic carbocycles. The van der Waals surface area contributed by atoms with Crippen molar-refractivity contribution in [2.45, 2.75) is 6.54 Å². The molecule has 0 fully saturated rings. The lowest BCUT2D eigenvalue weighted by Crippen LogP contribution is -2.05. The van der Waals surface area contributed by atoms with Gasteiger partial charge in [0.1, 0.15) is 0 Å². The second kappa shape index (κ2) is 4.99. The number of nitrogens with one attached hydrogen (secondary N) is 1. The van der Waals surface area contributed by atoms with Gasteiger partial charge in [-0.15, -0.1) is 0 Å². The Hall–Kier alpha value is -0.840. The molecule has 2 aromatic rings. The molecule has 0 aliphatic rings. The van der Waals surface area contributed by atoms with Gasteiger partial charge in [0.25, 0.3) is 0 Å². The molecule has 0 radical (unpaired) electrons. The molecule has 0 spiro atoms. The molecule has 0 saturated carbocycles. The zero-order valence-corrected chi connectivity index (χ0v) is 11.1. The standard InChI is InChI=1S/C11H11BrClN3/c1-14-5-8-2-3-11(10(12)4-8)16-7-9(13)6-15-16/h2-4,6-7,14H,5H2,1H3. The van der Waals surface area contributed by atoms with Crippen molar-refractivity contribution in [3.63, 3.8) is 0 Å². The Morgan fingerprint density at radius 3 is 2.88 bits per heavy atom. The molecule has 1 heterocycles. The molecule has 0 aliphatic heterocycles. The Morgan fingerprint density at radius 2 is 2.31 bits per heavy atom. The Balaban J connectivity index is 2.36. The zero-order chi connectivity index (χ0) is 11.5. The van der Waals surface area contributed by atoms with Crippen LogP contribution in [0, 0.1) is 0 Å². The van der Waals surface area contributed by atoms with Crippen LogP contribution in [0.15, 0.2) is 35.1 Å². The van der Waals surface area contributed by atoms with Crippen molar-refractivity contribution >= 4 is 27.5 Å². The predicted octanol–water partition coefficient (Wildman–Crippen LogP) is 3.01. The van der Waals surface area contributed by atoms with Crippen molar-refractivity contribution in [2.75, 3.05) is 7.05 Å². The van der Waals surface area contributed by atoms with E-state index in [1.165, 1.54) is 5.56 Å². The van der Waals surface area contributed by atoms with E-state index < -0.39 is 0 Å². The molecular formula is C11H11BrClN3. The monoisotopic (exact) mass is 299 g/mol. The Bertz CT molecular complexity index is 496. The highest BCUT2D eigenvalue weighted by Gasteiger charge is 2.04. The van der Waals surface area contributed by atoms with Crippen molar-refractivity contribution in [2.24, 2.45) is 0 Å². The number of nitrogens with zero attached hydrogens (tertiary/aromatic N) is 2. The summed E-state index contributed by atoms with van der Waals surface area (Å²) in [7, 11) is 1.93. The molecule has 84 valence electrons. The zero-order valence-electron chi connectivity index (χ0n) is 8.74. The number of hydrogen-bond acceptors (Lipinski definition) is 2. The maximum atomic E-state index is 5.84. The molecule has 1 N–H and O–H groups in total. The van der Waals surface area contributed by atoms with Crippen LogP contribution in [-0.4, -0.2) is 16.8 Å². The molecule has 0 unspecified atom stereocenters. The van der Waals surface area contributed by atoms with Crippen molar-refractivity contribution in [1.29, 1.82) is 0 Å². The summed E-state index contributed by atoms with van der Waals surface area (Å²) in [6.45, 7) is 0.846. The highest BCUT2D eigenvalue weighted by Crippen LogP contribution is 2.23. The third-order valence-corrected chi connectivity index (χ3v) is 3.02. The summed E-state index contributed by atoms with van der Waals surface area (Å²) in [5, 5.41) is 7.90. The van der Waals surface area contributed by atoms with Gasteiger partial charge in [-0.3, -0.25) is 0 Å². The minimum absolute atomic E-state index is 0.631. The van der Waals surface area contributed by atoms with Crippen molar-refractivity contribution in [3.05, 3.63) is 45.7 Å². The third kappa shape index (κ3) is 2.45. The van der Waals surface area contributed by atoms with Crippen LogP contribution in [0.1, 0.15) is 5.56 Å². The maximum absolute atomic E-state index is 5.84. The quantitative estimate of drug-likeness (QED) is 0.944. The predicted molar refractivity (Wildman–Crippen MR) is 69.0 cm³/mol. The van der Waals surface area contributed by atoms with Crippen LogP contribution < -0.4 is 5.32 Å². The third-order valence-electron chi connectivity index (χ3n) is 2.19. The average molecular weight is 301 g/mol. The van der Waals surface area contributed by atoms with E-state index in [0.717, 1.165) is 16.7 Å². The fourth-order valence-electron chi connectivity index (χ4n) is 1.48. The highest BCUT2D eigenvalue weighted by atomic mass is 79.9. The molecule has 0 amide bonds. The molecule has 0 saturated heterocycles. The van der Waals surface area contributed by atoms with E-state index >= 15 is 0 Å². The largest absolute Gasteiger partial charge is 0.316 e.